The Morgan fingerprint density at radius 3 is 2.53 bits per heavy atom. The third-order valence-corrected chi connectivity index (χ3v) is 7.67. The first-order valence-corrected chi connectivity index (χ1v) is 14.0. The monoisotopic (exact) mass is 552 g/mol. The van der Waals surface area contributed by atoms with Gasteiger partial charge in [0.15, 0.2) is 0 Å². The zero-order valence-corrected chi connectivity index (χ0v) is 22.9. The van der Waals surface area contributed by atoms with Crippen molar-refractivity contribution in [2.45, 2.75) is 25.7 Å². The predicted octanol–water partition coefficient (Wildman–Crippen LogP) is 5.38. The minimum absolute atomic E-state index is 0.0835. The number of sulfonamides is 1. The van der Waals surface area contributed by atoms with Crippen LogP contribution in [0.5, 0.6) is 0 Å². The highest BCUT2D eigenvalue weighted by Gasteiger charge is 2.21. The SMILES string of the molecule is CCOCCNS(=O)(=O)c1cc(NC(=O)c2cn(-c3cccc(Cl)c3)nc2-c2ccc(C)cc2)ccc1C. The van der Waals surface area contributed by atoms with E-state index in [0.717, 1.165) is 11.1 Å². The first kappa shape index (κ1) is 27.5. The smallest absolute Gasteiger partial charge is 0.259 e. The van der Waals surface area contributed by atoms with Crippen molar-refractivity contribution in [2.24, 2.45) is 0 Å². The Bertz CT molecular complexity index is 1550. The Kier molecular flexibility index (Phi) is 8.63. The molecule has 4 aromatic rings. The second kappa shape index (κ2) is 11.9. The Morgan fingerprint density at radius 2 is 1.82 bits per heavy atom. The average Bonchev–Trinajstić information content (AvgIpc) is 3.34. The Hall–Kier alpha value is -3.50. The predicted molar refractivity (Wildman–Crippen MR) is 150 cm³/mol. The summed E-state index contributed by atoms with van der Waals surface area (Å²) in [5, 5.41) is 8.07. The molecule has 198 valence electrons. The van der Waals surface area contributed by atoms with E-state index in [1.807, 2.05) is 44.2 Å². The highest BCUT2D eigenvalue weighted by Crippen LogP contribution is 2.27. The van der Waals surface area contributed by atoms with Gasteiger partial charge >= 0.3 is 0 Å². The minimum Gasteiger partial charge on any atom is -0.380 e. The number of halogens is 1. The topological polar surface area (TPSA) is 102 Å². The number of benzene rings is 3. The molecule has 1 amide bonds. The number of aryl methyl sites for hydroxylation is 2. The van der Waals surface area contributed by atoms with Crippen LogP contribution in [0.3, 0.4) is 0 Å². The van der Waals surface area contributed by atoms with Gasteiger partial charge < -0.3 is 10.1 Å². The third kappa shape index (κ3) is 6.49. The van der Waals surface area contributed by atoms with Gasteiger partial charge in [-0.25, -0.2) is 17.8 Å². The zero-order chi connectivity index (χ0) is 27.3. The lowest BCUT2D eigenvalue weighted by atomic mass is 10.1. The van der Waals surface area contributed by atoms with E-state index in [-0.39, 0.29) is 18.0 Å². The maximum Gasteiger partial charge on any atom is 0.259 e. The van der Waals surface area contributed by atoms with Crippen molar-refractivity contribution in [1.29, 1.82) is 0 Å². The molecule has 0 saturated carbocycles. The van der Waals surface area contributed by atoms with Crippen molar-refractivity contribution in [3.8, 4) is 16.9 Å². The highest BCUT2D eigenvalue weighted by molar-refractivity contribution is 7.89. The normalized spacial score (nSPS) is 11.5. The van der Waals surface area contributed by atoms with Crippen molar-refractivity contribution >= 4 is 33.2 Å². The molecule has 0 aliphatic heterocycles. The summed E-state index contributed by atoms with van der Waals surface area (Å²) in [7, 11) is -3.80. The number of rotatable bonds is 10. The summed E-state index contributed by atoms with van der Waals surface area (Å²) >= 11 is 6.18. The summed E-state index contributed by atoms with van der Waals surface area (Å²) in [6, 6.07) is 19.6. The van der Waals surface area contributed by atoms with Gasteiger partial charge in [0.1, 0.15) is 5.69 Å². The van der Waals surface area contributed by atoms with E-state index in [1.165, 1.54) is 6.07 Å². The van der Waals surface area contributed by atoms with Gasteiger partial charge in [0, 0.05) is 35.6 Å². The maximum atomic E-state index is 13.5. The molecule has 0 unspecified atom stereocenters. The lowest BCUT2D eigenvalue weighted by Gasteiger charge is -2.12. The van der Waals surface area contributed by atoms with Crippen LogP contribution < -0.4 is 10.0 Å². The number of hydrogen-bond acceptors (Lipinski definition) is 5. The molecule has 1 aromatic heterocycles. The van der Waals surface area contributed by atoms with Crippen LogP contribution in [0.4, 0.5) is 5.69 Å². The Morgan fingerprint density at radius 1 is 1.05 bits per heavy atom. The summed E-state index contributed by atoms with van der Waals surface area (Å²) in [6.45, 7) is 6.44. The highest BCUT2D eigenvalue weighted by atomic mass is 35.5. The molecule has 0 bridgehead atoms. The molecule has 0 fully saturated rings. The summed E-state index contributed by atoms with van der Waals surface area (Å²) in [5.74, 6) is -0.426. The molecule has 1 heterocycles. The second-order valence-corrected chi connectivity index (χ2v) is 10.9. The van der Waals surface area contributed by atoms with Gasteiger partial charge in [0.25, 0.3) is 5.91 Å². The third-order valence-electron chi connectivity index (χ3n) is 5.83. The van der Waals surface area contributed by atoms with Crippen LogP contribution in [0.15, 0.2) is 77.8 Å². The van der Waals surface area contributed by atoms with Crippen LogP contribution in [0.25, 0.3) is 16.9 Å². The number of hydrogen-bond donors (Lipinski definition) is 2. The molecular formula is C28H29ClN4O4S. The summed E-state index contributed by atoms with van der Waals surface area (Å²) in [5.41, 5.74) is 4.27. The van der Waals surface area contributed by atoms with Crippen molar-refractivity contribution in [1.82, 2.24) is 14.5 Å². The molecule has 0 atom stereocenters. The molecular weight excluding hydrogens is 524 g/mol. The molecule has 3 aromatic carbocycles. The molecule has 0 aliphatic carbocycles. The van der Waals surface area contributed by atoms with Gasteiger partial charge in [-0.2, -0.15) is 5.10 Å². The largest absolute Gasteiger partial charge is 0.380 e. The number of anilines is 1. The van der Waals surface area contributed by atoms with Crippen molar-refractivity contribution < 1.29 is 17.9 Å². The van der Waals surface area contributed by atoms with Crippen LogP contribution >= 0.6 is 11.6 Å². The van der Waals surface area contributed by atoms with Crippen LogP contribution in [0.2, 0.25) is 5.02 Å². The lowest BCUT2D eigenvalue weighted by Crippen LogP contribution is -2.28. The minimum atomic E-state index is -3.80. The van der Waals surface area contributed by atoms with Gasteiger partial charge in [-0.1, -0.05) is 53.6 Å². The van der Waals surface area contributed by atoms with Gasteiger partial charge in [0.2, 0.25) is 10.0 Å². The fourth-order valence-electron chi connectivity index (χ4n) is 3.85. The van der Waals surface area contributed by atoms with Crippen LogP contribution in [0, 0.1) is 13.8 Å². The van der Waals surface area contributed by atoms with E-state index in [1.54, 1.807) is 48.1 Å². The number of carbonyl (C=O) groups excluding carboxylic acids is 1. The standard InChI is InChI=1S/C28H29ClN4O4S/c1-4-37-15-14-30-38(35,36)26-17-23(13-10-20(26)3)31-28(34)25-18-33(24-7-5-6-22(29)16-24)32-27(25)21-11-8-19(2)9-12-21/h5-13,16-18,30H,4,14-15H2,1-3H3,(H,31,34). The van der Waals surface area contributed by atoms with Gasteiger partial charge in [-0.15, -0.1) is 0 Å². The fraction of sp³-hybridized carbons (Fsp3) is 0.214. The van der Waals surface area contributed by atoms with E-state index in [0.29, 0.717) is 39.8 Å². The van der Waals surface area contributed by atoms with Crippen LogP contribution in [-0.2, 0) is 14.8 Å². The van der Waals surface area contributed by atoms with E-state index < -0.39 is 15.9 Å². The first-order chi connectivity index (χ1) is 18.2. The first-order valence-electron chi connectivity index (χ1n) is 12.1. The summed E-state index contributed by atoms with van der Waals surface area (Å²) in [4.78, 5) is 13.6. The van der Waals surface area contributed by atoms with Crippen LogP contribution in [0.1, 0.15) is 28.4 Å². The van der Waals surface area contributed by atoms with Gasteiger partial charge in [0.05, 0.1) is 22.8 Å². The molecule has 2 N–H and O–H groups in total. The number of ether oxygens (including phenoxy) is 1. The number of nitrogens with one attached hydrogen (secondary N) is 2. The molecule has 0 aliphatic rings. The van der Waals surface area contributed by atoms with Gasteiger partial charge in [-0.3, -0.25) is 4.79 Å². The number of aromatic nitrogens is 2. The average molecular weight is 553 g/mol. The maximum absolute atomic E-state index is 13.5. The molecule has 10 heteroatoms. The quantitative estimate of drug-likeness (QED) is 0.257. The van der Waals surface area contributed by atoms with Crippen molar-refractivity contribution in [2.75, 3.05) is 25.1 Å². The molecule has 38 heavy (non-hydrogen) atoms. The molecule has 4 rings (SSSR count). The van der Waals surface area contributed by atoms with Crippen molar-refractivity contribution in [3.05, 3.63) is 94.6 Å². The molecule has 8 nitrogen and oxygen atoms in total. The number of nitrogens with zero attached hydrogens (tertiary/aromatic N) is 2. The Labute approximate surface area is 227 Å². The van der Waals surface area contributed by atoms with E-state index in [9.17, 15) is 13.2 Å². The molecule has 0 radical (unpaired) electrons. The second-order valence-electron chi connectivity index (χ2n) is 8.71. The Balaban J connectivity index is 1.66. The van der Waals surface area contributed by atoms with E-state index in [4.69, 9.17) is 16.3 Å². The van der Waals surface area contributed by atoms with Gasteiger partial charge in [-0.05, 0) is 56.7 Å². The van der Waals surface area contributed by atoms with E-state index >= 15 is 0 Å². The lowest BCUT2D eigenvalue weighted by molar-refractivity contribution is 0.102. The van der Waals surface area contributed by atoms with Crippen molar-refractivity contribution in [3.63, 3.8) is 0 Å². The number of carbonyl (C=O) groups is 1. The zero-order valence-electron chi connectivity index (χ0n) is 21.4. The molecule has 0 saturated heterocycles. The fourth-order valence-corrected chi connectivity index (χ4v) is 5.32. The number of amides is 1. The summed E-state index contributed by atoms with van der Waals surface area (Å²) in [6.07, 6.45) is 1.64. The van der Waals surface area contributed by atoms with Crippen LogP contribution in [-0.4, -0.2) is 43.9 Å². The van der Waals surface area contributed by atoms with E-state index in [2.05, 4.69) is 15.1 Å². The molecule has 0 spiro atoms. The summed E-state index contributed by atoms with van der Waals surface area (Å²) < 4.78 is 35.1.